The number of nitrogens with one attached hydrogen (secondary N) is 1. The number of halogens is 3. The van der Waals surface area contributed by atoms with Gasteiger partial charge in [0, 0.05) is 11.7 Å². The van der Waals surface area contributed by atoms with E-state index in [1.54, 1.807) is 13.8 Å². The second kappa shape index (κ2) is 8.03. The maximum atomic E-state index is 12.7. The van der Waals surface area contributed by atoms with Gasteiger partial charge in [0.2, 0.25) is 5.91 Å². The highest BCUT2D eigenvalue weighted by Gasteiger charge is 2.34. The van der Waals surface area contributed by atoms with E-state index in [0.717, 1.165) is 31.7 Å². The minimum atomic E-state index is -4.46. The molecule has 1 N–H and O–H groups in total. The van der Waals surface area contributed by atoms with Crippen molar-refractivity contribution in [1.82, 2.24) is 15.1 Å². The van der Waals surface area contributed by atoms with Crippen LogP contribution in [-0.2, 0) is 17.5 Å². The zero-order chi connectivity index (χ0) is 17.7. The molecule has 0 saturated heterocycles. The lowest BCUT2D eigenvalue weighted by molar-refractivity contribution is -0.141. The van der Waals surface area contributed by atoms with E-state index in [1.807, 2.05) is 0 Å². The molecule has 0 spiro atoms. The first-order valence-electron chi connectivity index (χ1n) is 8.69. The number of nitrogens with zero attached hydrogens (tertiary/aromatic N) is 2. The Labute approximate surface area is 140 Å². The fourth-order valence-electron chi connectivity index (χ4n) is 3.12. The SMILES string of the molecule is Cc1cc(C(F)(F)F)nn1C[C@H](C)C(=O)NC1CCCCCCC1. The Morgan fingerprint density at radius 1 is 1.29 bits per heavy atom. The molecule has 1 saturated carbocycles. The maximum absolute atomic E-state index is 12.7. The zero-order valence-corrected chi connectivity index (χ0v) is 14.3. The van der Waals surface area contributed by atoms with Gasteiger partial charge < -0.3 is 5.32 Å². The Kier molecular flexibility index (Phi) is 6.29. The lowest BCUT2D eigenvalue weighted by Gasteiger charge is -2.23. The molecule has 1 aromatic heterocycles. The summed E-state index contributed by atoms with van der Waals surface area (Å²) in [4.78, 5) is 12.4. The molecule has 1 aliphatic carbocycles. The van der Waals surface area contributed by atoms with E-state index in [2.05, 4.69) is 10.4 Å². The van der Waals surface area contributed by atoms with E-state index in [0.29, 0.717) is 5.69 Å². The molecule has 0 aliphatic heterocycles. The summed E-state index contributed by atoms with van der Waals surface area (Å²) in [5.41, 5.74) is -0.499. The number of hydrogen-bond acceptors (Lipinski definition) is 2. The summed E-state index contributed by atoms with van der Waals surface area (Å²) in [5.74, 6) is -0.529. The van der Waals surface area contributed by atoms with Gasteiger partial charge in [-0.25, -0.2) is 0 Å². The first-order valence-corrected chi connectivity index (χ1v) is 8.69. The molecular formula is C17H26F3N3O. The summed E-state index contributed by atoms with van der Waals surface area (Å²) < 4.78 is 39.4. The van der Waals surface area contributed by atoms with Gasteiger partial charge in [-0.1, -0.05) is 39.0 Å². The van der Waals surface area contributed by atoms with Gasteiger partial charge in [0.05, 0.1) is 12.5 Å². The van der Waals surface area contributed by atoms with Crippen molar-refractivity contribution in [3.05, 3.63) is 17.5 Å². The average Bonchev–Trinajstić information content (AvgIpc) is 2.83. The molecule has 1 aromatic rings. The van der Waals surface area contributed by atoms with Gasteiger partial charge in [-0.3, -0.25) is 9.48 Å². The van der Waals surface area contributed by atoms with Crippen LogP contribution in [0.5, 0.6) is 0 Å². The number of carbonyl (C=O) groups is 1. The van der Waals surface area contributed by atoms with Crippen molar-refractivity contribution < 1.29 is 18.0 Å². The molecule has 7 heteroatoms. The van der Waals surface area contributed by atoms with Gasteiger partial charge in [0.1, 0.15) is 0 Å². The molecule has 0 unspecified atom stereocenters. The van der Waals surface area contributed by atoms with Crippen LogP contribution in [0.25, 0.3) is 0 Å². The van der Waals surface area contributed by atoms with Crippen LogP contribution >= 0.6 is 0 Å². The Hall–Kier alpha value is -1.53. The van der Waals surface area contributed by atoms with Gasteiger partial charge in [0.25, 0.3) is 0 Å². The number of carbonyl (C=O) groups excluding carboxylic acids is 1. The fraction of sp³-hybridized carbons (Fsp3) is 0.765. The zero-order valence-electron chi connectivity index (χ0n) is 14.3. The third-order valence-electron chi connectivity index (χ3n) is 4.62. The molecule has 0 radical (unpaired) electrons. The summed E-state index contributed by atoms with van der Waals surface area (Å²) in [6.07, 6.45) is 3.41. The molecule has 0 aromatic carbocycles. The van der Waals surface area contributed by atoms with Crippen molar-refractivity contribution in [3.8, 4) is 0 Å². The number of aromatic nitrogens is 2. The predicted octanol–water partition coefficient (Wildman–Crippen LogP) is 4.08. The third kappa shape index (κ3) is 5.24. The largest absolute Gasteiger partial charge is 0.435 e. The van der Waals surface area contributed by atoms with E-state index in [9.17, 15) is 18.0 Å². The minimum absolute atomic E-state index is 0.107. The van der Waals surface area contributed by atoms with Crippen LogP contribution in [0.2, 0.25) is 0 Å². The molecule has 1 aliphatic rings. The van der Waals surface area contributed by atoms with E-state index in [-0.39, 0.29) is 18.5 Å². The second-order valence-electron chi connectivity index (χ2n) is 6.80. The van der Waals surface area contributed by atoms with Crippen LogP contribution in [0.4, 0.5) is 13.2 Å². The summed E-state index contributed by atoms with van der Waals surface area (Å²) in [6, 6.07) is 1.20. The van der Waals surface area contributed by atoms with E-state index >= 15 is 0 Å². The normalized spacial score (nSPS) is 18.7. The molecule has 4 nitrogen and oxygen atoms in total. The van der Waals surface area contributed by atoms with Gasteiger partial charge in [-0.2, -0.15) is 18.3 Å². The van der Waals surface area contributed by atoms with Crippen molar-refractivity contribution >= 4 is 5.91 Å². The van der Waals surface area contributed by atoms with E-state index < -0.39 is 17.8 Å². The minimum Gasteiger partial charge on any atom is -0.353 e. The molecule has 1 amide bonds. The summed E-state index contributed by atoms with van der Waals surface area (Å²) in [5, 5.41) is 6.65. The van der Waals surface area contributed by atoms with Gasteiger partial charge >= 0.3 is 6.18 Å². The van der Waals surface area contributed by atoms with Crippen molar-refractivity contribution in [2.75, 3.05) is 0 Å². The average molecular weight is 345 g/mol. The third-order valence-corrected chi connectivity index (χ3v) is 4.62. The number of amides is 1. The lowest BCUT2D eigenvalue weighted by Crippen LogP contribution is -2.39. The molecule has 136 valence electrons. The lowest BCUT2D eigenvalue weighted by atomic mass is 9.96. The smallest absolute Gasteiger partial charge is 0.353 e. The van der Waals surface area contributed by atoms with Crippen molar-refractivity contribution in [2.45, 2.75) is 77.6 Å². The Balaban J connectivity index is 1.92. The first-order chi connectivity index (χ1) is 11.3. The topological polar surface area (TPSA) is 46.9 Å². The number of hydrogen-bond donors (Lipinski definition) is 1. The molecule has 1 heterocycles. The van der Waals surface area contributed by atoms with Crippen molar-refractivity contribution in [1.29, 1.82) is 0 Å². The Morgan fingerprint density at radius 2 is 1.88 bits per heavy atom. The quantitative estimate of drug-likeness (QED) is 0.894. The number of alkyl halides is 3. The second-order valence-corrected chi connectivity index (χ2v) is 6.80. The fourth-order valence-corrected chi connectivity index (χ4v) is 3.12. The number of rotatable bonds is 4. The Morgan fingerprint density at radius 3 is 2.42 bits per heavy atom. The summed E-state index contributed by atoms with van der Waals surface area (Å²) >= 11 is 0. The summed E-state index contributed by atoms with van der Waals surface area (Å²) in [7, 11) is 0. The molecule has 24 heavy (non-hydrogen) atoms. The standard InChI is InChI=1S/C17H26F3N3O/c1-12(11-23-13(2)10-15(22-23)17(18,19)20)16(24)21-14-8-6-4-3-5-7-9-14/h10,12,14H,3-9,11H2,1-2H3,(H,21,24)/t12-/m0/s1. The van der Waals surface area contributed by atoms with E-state index in [4.69, 9.17) is 0 Å². The van der Waals surface area contributed by atoms with Crippen LogP contribution in [0.15, 0.2) is 6.07 Å². The highest BCUT2D eigenvalue weighted by atomic mass is 19.4. The Bertz CT molecular complexity index is 546. The van der Waals surface area contributed by atoms with Gasteiger partial charge in [-0.15, -0.1) is 0 Å². The molecular weight excluding hydrogens is 319 g/mol. The summed E-state index contributed by atoms with van der Waals surface area (Å²) in [6.45, 7) is 3.45. The monoisotopic (exact) mass is 345 g/mol. The van der Waals surface area contributed by atoms with Gasteiger partial charge in [-0.05, 0) is 25.8 Å². The van der Waals surface area contributed by atoms with Gasteiger partial charge in [0.15, 0.2) is 5.69 Å². The van der Waals surface area contributed by atoms with Crippen LogP contribution in [0.1, 0.15) is 63.3 Å². The predicted molar refractivity (Wildman–Crippen MR) is 85.4 cm³/mol. The highest BCUT2D eigenvalue weighted by molar-refractivity contribution is 5.78. The molecule has 1 fully saturated rings. The number of aryl methyl sites for hydroxylation is 1. The molecule has 2 rings (SSSR count). The van der Waals surface area contributed by atoms with Crippen LogP contribution in [0, 0.1) is 12.8 Å². The molecule has 0 bridgehead atoms. The van der Waals surface area contributed by atoms with Crippen molar-refractivity contribution in [2.24, 2.45) is 5.92 Å². The van der Waals surface area contributed by atoms with E-state index in [1.165, 1.54) is 23.9 Å². The maximum Gasteiger partial charge on any atom is 0.435 e. The van der Waals surface area contributed by atoms with Crippen LogP contribution in [-0.4, -0.2) is 21.7 Å². The van der Waals surface area contributed by atoms with Crippen LogP contribution in [0.3, 0.4) is 0 Å². The molecule has 1 atom stereocenters. The highest BCUT2D eigenvalue weighted by Crippen LogP contribution is 2.28. The van der Waals surface area contributed by atoms with Crippen LogP contribution < -0.4 is 5.32 Å². The first kappa shape index (κ1) is 18.8. The van der Waals surface area contributed by atoms with Crippen molar-refractivity contribution in [3.63, 3.8) is 0 Å².